The van der Waals surface area contributed by atoms with Crippen molar-refractivity contribution in [3.05, 3.63) is 65.0 Å². The molecule has 1 N–H and O–H groups in total. The van der Waals surface area contributed by atoms with Crippen LogP contribution in [-0.4, -0.2) is 5.91 Å². The molecule has 0 aliphatic carbocycles. The molecule has 0 saturated carbocycles. The van der Waals surface area contributed by atoms with E-state index < -0.39 is 0 Å². The number of anilines is 1. The quantitative estimate of drug-likeness (QED) is 0.804. The van der Waals surface area contributed by atoms with E-state index in [2.05, 4.69) is 5.32 Å². The lowest BCUT2D eigenvalue weighted by Crippen LogP contribution is -2.03. The molecule has 0 aromatic heterocycles. The summed E-state index contributed by atoms with van der Waals surface area (Å²) in [6.45, 7) is 0. The van der Waals surface area contributed by atoms with Crippen LogP contribution < -0.4 is 5.32 Å². The summed E-state index contributed by atoms with van der Waals surface area (Å²) in [6, 6.07) is 13.1. The predicted molar refractivity (Wildman–Crippen MR) is 74.1 cm³/mol. The van der Waals surface area contributed by atoms with Crippen molar-refractivity contribution < 1.29 is 9.18 Å². The molecule has 1 aliphatic rings. The van der Waals surface area contributed by atoms with Crippen molar-refractivity contribution >= 4 is 23.2 Å². The third-order valence-electron chi connectivity index (χ3n) is 3.12. The Morgan fingerprint density at radius 2 is 1.90 bits per heavy atom. The normalized spacial score (nSPS) is 14.8. The molecular weight excluding hydrogens is 255 g/mol. The van der Waals surface area contributed by atoms with Gasteiger partial charge in [-0.1, -0.05) is 12.1 Å². The highest BCUT2D eigenvalue weighted by atomic mass is 19.1. The van der Waals surface area contributed by atoms with Gasteiger partial charge in [-0.3, -0.25) is 4.79 Å². The van der Waals surface area contributed by atoms with Crippen molar-refractivity contribution in [2.24, 2.45) is 0 Å². The summed E-state index contributed by atoms with van der Waals surface area (Å²) in [6.07, 6.45) is 1.68. The number of amides is 1. The average molecular weight is 264 g/mol. The number of rotatable bonds is 1. The van der Waals surface area contributed by atoms with Crippen molar-refractivity contribution in [2.45, 2.75) is 0 Å². The van der Waals surface area contributed by atoms with Crippen LogP contribution >= 0.6 is 0 Å². The minimum atomic E-state index is -0.383. The lowest BCUT2D eigenvalue weighted by Gasteiger charge is -1.99. The Labute approximate surface area is 115 Å². The zero-order chi connectivity index (χ0) is 14.1. The zero-order valence-corrected chi connectivity index (χ0v) is 10.4. The van der Waals surface area contributed by atoms with E-state index in [1.54, 1.807) is 36.4 Å². The number of nitrogens with zero attached hydrogens (tertiary/aromatic N) is 1. The molecule has 0 fully saturated rings. The molecule has 3 rings (SSSR count). The van der Waals surface area contributed by atoms with E-state index in [0.29, 0.717) is 22.4 Å². The molecule has 0 atom stereocenters. The highest BCUT2D eigenvalue weighted by Crippen LogP contribution is 2.33. The number of benzene rings is 2. The maximum atomic E-state index is 13.3. The van der Waals surface area contributed by atoms with Gasteiger partial charge in [0.25, 0.3) is 5.91 Å². The van der Waals surface area contributed by atoms with Crippen LogP contribution in [0.1, 0.15) is 16.7 Å². The van der Waals surface area contributed by atoms with Gasteiger partial charge in [0.2, 0.25) is 0 Å². The number of hydrogen-bond donors (Lipinski definition) is 1. The summed E-state index contributed by atoms with van der Waals surface area (Å²) in [5.41, 5.74) is 2.92. The first-order valence-corrected chi connectivity index (χ1v) is 6.00. The maximum Gasteiger partial charge on any atom is 0.256 e. The van der Waals surface area contributed by atoms with Crippen LogP contribution in [0.25, 0.3) is 11.6 Å². The molecule has 4 heteroatoms. The van der Waals surface area contributed by atoms with E-state index in [4.69, 9.17) is 5.26 Å². The maximum absolute atomic E-state index is 13.3. The first-order valence-electron chi connectivity index (χ1n) is 6.00. The molecule has 0 spiro atoms. The Morgan fingerprint density at radius 3 is 2.60 bits per heavy atom. The van der Waals surface area contributed by atoms with E-state index >= 15 is 0 Å². The van der Waals surface area contributed by atoms with Crippen LogP contribution in [0.5, 0.6) is 0 Å². The smallest absolute Gasteiger partial charge is 0.256 e. The van der Waals surface area contributed by atoms with E-state index in [9.17, 15) is 9.18 Å². The fourth-order valence-corrected chi connectivity index (χ4v) is 2.12. The van der Waals surface area contributed by atoms with Crippen molar-refractivity contribution in [2.75, 3.05) is 5.32 Å². The van der Waals surface area contributed by atoms with Crippen LogP contribution in [0.3, 0.4) is 0 Å². The van der Waals surface area contributed by atoms with Gasteiger partial charge in [0.1, 0.15) is 5.82 Å². The number of nitriles is 1. The molecule has 0 radical (unpaired) electrons. The Bertz CT molecular complexity index is 770. The van der Waals surface area contributed by atoms with Crippen LogP contribution in [0.15, 0.2) is 42.5 Å². The highest BCUT2D eigenvalue weighted by molar-refractivity contribution is 6.34. The van der Waals surface area contributed by atoms with Gasteiger partial charge in [-0.2, -0.15) is 5.26 Å². The first kappa shape index (κ1) is 12.1. The molecule has 0 unspecified atom stereocenters. The van der Waals surface area contributed by atoms with Gasteiger partial charge in [-0.25, -0.2) is 4.39 Å². The predicted octanol–water partition coefficient (Wildman–Crippen LogP) is 3.19. The monoisotopic (exact) mass is 264 g/mol. The van der Waals surface area contributed by atoms with Gasteiger partial charge in [-0.05, 0) is 42.0 Å². The molecule has 2 aromatic rings. The second-order valence-electron chi connectivity index (χ2n) is 4.44. The summed E-state index contributed by atoms with van der Waals surface area (Å²) in [5.74, 6) is -0.638. The fourth-order valence-electron chi connectivity index (χ4n) is 2.12. The van der Waals surface area contributed by atoms with Gasteiger partial charge in [-0.15, -0.1) is 0 Å². The van der Waals surface area contributed by atoms with Crippen LogP contribution in [-0.2, 0) is 4.79 Å². The SMILES string of the molecule is N#Cc1ccc(/C=C2\C(=O)Nc3ccc(F)cc32)cc1. The Morgan fingerprint density at radius 1 is 1.15 bits per heavy atom. The lowest BCUT2D eigenvalue weighted by atomic mass is 10.0. The number of carbonyl (C=O) groups excluding carboxylic acids is 1. The average Bonchev–Trinajstić information content (AvgIpc) is 2.76. The molecule has 1 aliphatic heterocycles. The summed E-state index contributed by atoms with van der Waals surface area (Å²) in [4.78, 5) is 11.9. The van der Waals surface area contributed by atoms with Crippen molar-refractivity contribution in [1.82, 2.24) is 0 Å². The van der Waals surface area contributed by atoms with Crippen molar-refractivity contribution in [3.63, 3.8) is 0 Å². The van der Waals surface area contributed by atoms with E-state index in [0.717, 1.165) is 5.56 Å². The molecule has 1 amide bonds. The van der Waals surface area contributed by atoms with E-state index in [-0.39, 0.29) is 11.7 Å². The number of fused-ring (bicyclic) bond motifs is 1. The lowest BCUT2D eigenvalue weighted by molar-refractivity contribution is -0.110. The molecule has 1 heterocycles. The number of carbonyl (C=O) groups is 1. The third kappa shape index (κ3) is 2.06. The molecule has 96 valence electrons. The highest BCUT2D eigenvalue weighted by Gasteiger charge is 2.24. The zero-order valence-electron chi connectivity index (χ0n) is 10.4. The molecule has 20 heavy (non-hydrogen) atoms. The molecule has 0 saturated heterocycles. The topological polar surface area (TPSA) is 52.9 Å². The number of halogens is 1. The Hall–Kier alpha value is -2.93. The van der Waals surface area contributed by atoms with Gasteiger partial charge in [0.15, 0.2) is 0 Å². The first-order chi connectivity index (χ1) is 9.67. The minimum Gasteiger partial charge on any atom is -0.321 e. The van der Waals surface area contributed by atoms with Gasteiger partial charge in [0, 0.05) is 16.8 Å². The summed E-state index contributed by atoms with van der Waals surface area (Å²) in [5, 5.41) is 11.4. The van der Waals surface area contributed by atoms with Gasteiger partial charge < -0.3 is 5.32 Å². The van der Waals surface area contributed by atoms with Crippen LogP contribution in [0, 0.1) is 17.1 Å². The third-order valence-corrected chi connectivity index (χ3v) is 3.12. The second-order valence-corrected chi connectivity index (χ2v) is 4.44. The standard InChI is InChI=1S/C16H9FN2O/c17-12-5-6-15-13(8-12)14(16(20)19-15)7-10-1-3-11(9-18)4-2-10/h1-8H,(H,19,20)/b14-7-. The van der Waals surface area contributed by atoms with Crippen molar-refractivity contribution in [3.8, 4) is 6.07 Å². The Balaban J connectivity index is 2.06. The molecular formula is C16H9FN2O. The molecule has 0 bridgehead atoms. The summed E-state index contributed by atoms with van der Waals surface area (Å²) >= 11 is 0. The summed E-state index contributed by atoms with van der Waals surface area (Å²) < 4.78 is 13.3. The molecule has 2 aromatic carbocycles. The van der Waals surface area contributed by atoms with Crippen molar-refractivity contribution in [1.29, 1.82) is 5.26 Å². The summed E-state index contributed by atoms with van der Waals surface area (Å²) in [7, 11) is 0. The van der Waals surface area contributed by atoms with E-state index in [1.807, 2.05) is 6.07 Å². The van der Waals surface area contributed by atoms with Crippen LogP contribution in [0.2, 0.25) is 0 Å². The second kappa shape index (κ2) is 4.63. The number of hydrogen-bond acceptors (Lipinski definition) is 2. The minimum absolute atomic E-state index is 0.255. The number of nitrogens with one attached hydrogen (secondary N) is 1. The van der Waals surface area contributed by atoms with E-state index in [1.165, 1.54) is 12.1 Å². The van der Waals surface area contributed by atoms with Gasteiger partial charge in [0.05, 0.1) is 11.6 Å². The Kier molecular flexibility index (Phi) is 2.81. The molecule has 3 nitrogen and oxygen atoms in total. The van der Waals surface area contributed by atoms with Gasteiger partial charge >= 0.3 is 0 Å². The van der Waals surface area contributed by atoms with Crippen LogP contribution in [0.4, 0.5) is 10.1 Å². The largest absolute Gasteiger partial charge is 0.321 e. The fraction of sp³-hybridized carbons (Fsp3) is 0.